The molecule has 1 heterocycles. The molecule has 29 heavy (non-hydrogen) atoms. The van der Waals surface area contributed by atoms with E-state index in [0.29, 0.717) is 48.1 Å². The van der Waals surface area contributed by atoms with Gasteiger partial charge in [0, 0.05) is 24.3 Å². The molecule has 1 N–H and O–H groups in total. The number of ether oxygens (including phenoxy) is 2. The van der Waals surface area contributed by atoms with E-state index in [2.05, 4.69) is 11.4 Å². The zero-order valence-electron chi connectivity index (χ0n) is 16.7. The molecule has 1 aliphatic heterocycles. The lowest BCUT2D eigenvalue weighted by Crippen LogP contribution is -2.45. The number of rotatable bonds is 6. The van der Waals surface area contributed by atoms with Crippen LogP contribution in [-0.4, -0.2) is 25.2 Å². The number of nitriles is 1. The van der Waals surface area contributed by atoms with Crippen molar-refractivity contribution >= 4 is 23.2 Å². The average Bonchev–Trinajstić information content (AvgIpc) is 2.75. The van der Waals surface area contributed by atoms with E-state index in [0.717, 1.165) is 12.0 Å². The van der Waals surface area contributed by atoms with Crippen molar-refractivity contribution in [2.24, 2.45) is 0 Å². The van der Waals surface area contributed by atoms with Gasteiger partial charge in [-0.15, -0.1) is 0 Å². The topological polar surface area (TPSA) is 71.3 Å². The molecular weight excluding hydrogens is 388 g/mol. The Hall–Kier alpha value is -2.55. The molecule has 0 saturated carbocycles. The zero-order valence-corrected chi connectivity index (χ0v) is 17.5. The third-order valence-corrected chi connectivity index (χ3v) is 5.70. The van der Waals surface area contributed by atoms with Gasteiger partial charge in [0.25, 0.3) is 0 Å². The Bertz CT molecular complexity index is 899. The van der Waals surface area contributed by atoms with Crippen LogP contribution in [0.15, 0.2) is 42.5 Å². The van der Waals surface area contributed by atoms with Gasteiger partial charge in [0.15, 0.2) is 0 Å². The molecule has 0 spiro atoms. The van der Waals surface area contributed by atoms with Gasteiger partial charge in [-0.05, 0) is 56.0 Å². The average molecular weight is 413 g/mol. The predicted molar refractivity (Wildman–Crippen MR) is 113 cm³/mol. The molecule has 6 heteroatoms. The lowest BCUT2D eigenvalue weighted by Gasteiger charge is -2.36. The van der Waals surface area contributed by atoms with Crippen LogP contribution in [0, 0.1) is 11.3 Å². The predicted octanol–water partition coefficient (Wildman–Crippen LogP) is 5.08. The van der Waals surface area contributed by atoms with Crippen molar-refractivity contribution in [3.05, 3.63) is 58.6 Å². The van der Waals surface area contributed by atoms with Crippen molar-refractivity contribution in [2.75, 3.05) is 18.5 Å². The molecule has 1 atom stereocenters. The van der Waals surface area contributed by atoms with Crippen molar-refractivity contribution < 1.29 is 14.3 Å². The Morgan fingerprint density at radius 2 is 1.97 bits per heavy atom. The maximum Gasteiger partial charge on any atom is 0.235 e. The lowest BCUT2D eigenvalue weighted by atomic mass is 9.73. The second kappa shape index (κ2) is 9.30. The molecule has 1 aliphatic rings. The summed E-state index contributed by atoms with van der Waals surface area (Å²) in [5.74, 6) is 0.475. The van der Waals surface area contributed by atoms with Gasteiger partial charge < -0.3 is 14.8 Å². The summed E-state index contributed by atoms with van der Waals surface area (Å²) in [6, 6.07) is 14.7. The number of halogens is 1. The third kappa shape index (κ3) is 4.72. The largest absolute Gasteiger partial charge is 0.491 e. The van der Waals surface area contributed by atoms with Gasteiger partial charge in [0.1, 0.15) is 11.8 Å². The van der Waals surface area contributed by atoms with Gasteiger partial charge in [-0.3, -0.25) is 4.79 Å². The molecule has 1 amide bonds. The molecule has 152 valence electrons. The van der Waals surface area contributed by atoms with E-state index >= 15 is 0 Å². The van der Waals surface area contributed by atoms with Crippen molar-refractivity contribution in [1.82, 2.24) is 0 Å². The van der Waals surface area contributed by atoms with E-state index in [1.807, 2.05) is 26.0 Å². The number of amides is 1. The van der Waals surface area contributed by atoms with Crippen molar-refractivity contribution in [3.63, 3.8) is 0 Å². The Kier molecular flexibility index (Phi) is 6.79. The molecule has 0 aliphatic carbocycles. The van der Waals surface area contributed by atoms with Crippen molar-refractivity contribution in [1.29, 1.82) is 5.26 Å². The first-order valence-electron chi connectivity index (χ1n) is 9.84. The number of carbonyl (C=O) groups excluding carboxylic acids is 1. The molecule has 3 rings (SSSR count). The lowest BCUT2D eigenvalue weighted by molar-refractivity contribution is -0.125. The van der Waals surface area contributed by atoms with E-state index in [1.165, 1.54) is 0 Å². The minimum Gasteiger partial charge on any atom is -0.491 e. The smallest absolute Gasteiger partial charge is 0.235 e. The molecule has 0 radical (unpaired) electrons. The molecular formula is C23H25ClN2O3. The molecule has 0 aromatic heterocycles. The number of nitrogens with zero attached hydrogens (tertiary/aromatic N) is 1. The number of hydrogen-bond donors (Lipinski definition) is 1. The second-order valence-electron chi connectivity index (χ2n) is 7.31. The fourth-order valence-electron chi connectivity index (χ4n) is 3.49. The van der Waals surface area contributed by atoms with Gasteiger partial charge in [0.2, 0.25) is 5.91 Å². The Labute approximate surface area is 176 Å². The number of anilines is 1. The summed E-state index contributed by atoms with van der Waals surface area (Å²) in [6.07, 6.45) is 2.05. The maximum absolute atomic E-state index is 13.4. The van der Waals surface area contributed by atoms with Gasteiger partial charge in [-0.25, -0.2) is 0 Å². The molecule has 1 saturated heterocycles. The quantitative estimate of drug-likeness (QED) is 0.718. The molecule has 1 unspecified atom stereocenters. The SMILES string of the molecule is CCC(C)Oc1ccc(NC(=O)C2(c3ccc(Cl)cc3)CCOCC2)c(C#N)c1. The fraction of sp³-hybridized carbons (Fsp3) is 0.391. The van der Waals surface area contributed by atoms with E-state index < -0.39 is 5.41 Å². The van der Waals surface area contributed by atoms with Crippen LogP contribution in [0.3, 0.4) is 0 Å². The standard InChI is InChI=1S/C23H25ClN2O3/c1-3-16(2)29-20-8-9-21(17(14-20)15-25)26-22(27)23(10-12-28-13-11-23)18-4-6-19(24)7-5-18/h4-9,14,16H,3,10-13H2,1-2H3,(H,26,27). The van der Waals surface area contributed by atoms with Gasteiger partial charge in [-0.1, -0.05) is 30.7 Å². The fourth-order valence-corrected chi connectivity index (χ4v) is 3.62. The summed E-state index contributed by atoms with van der Waals surface area (Å²) in [5.41, 5.74) is 1.03. The normalized spacial score (nSPS) is 16.5. The summed E-state index contributed by atoms with van der Waals surface area (Å²) >= 11 is 6.03. The minimum atomic E-state index is -0.721. The Balaban J connectivity index is 1.88. The molecule has 2 aromatic carbocycles. The number of nitrogens with one attached hydrogen (secondary N) is 1. The second-order valence-corrected chi connectivity index (χ2v) is 7.75. The van der Waals surface area contributed by atoms with Crippen LogP contribution in [0.25, 0.3) is 0 Å². The van der Waals surface area contributed by atoms with Crippen molar-refractivity contribution in [3.8, 4) is 11.8 Å². The first-order chi connectivity index (χ1) is 14.0. The van der Waals surface area contributed by atoms with Crippen LogP contribution >= 0.6 is 11.6 Å². The monoisotopic (exact) mass is 412 g/mol. The first kappa shape index (κ1) is 21.2. The van der Waals surface area contributed by atoms with E-state index in [1.54, 1.807) is 30.3 Å². The van der Waals surface area contributed by atoms with Crippen LogP contribution < -0.4 is 10.1 Å². The summed E-state index contributed by atoms with van der Waals surface area (Å²) in [7, 11) is 0. The van der Waals surface area contributed by atoms with E-state index in [4.69, 9.17) is 21.1 Å². The number of carbonyl (C=O) groups is 1. The van der Waals surface area contributed by atoms with Gasteiger partial charge >= 0.3 is 0 Å². The van der Waals surface area contributed by atoms with Gasteiger partial charge in [0.05, 0.1) is 22.8 Å². The van der Waals surface area contributed by atoms with Crippen LogP contribution in [-0.2, 0) is 14.9 Å². The van der Waals surface area contributed by atoms with E-state index in [-0.39, 0.29) is 12.0 Å². The summed E-state index contributed by atoms with van der Waals surface area (Å²) in [5, 5.41) is 13.2. The van der Waals surface area contributed by atoms with Crippen LogP contribution in [0.1, 0.15) is 44.2 Å². The zero-order chi connectivity index (χ0) is 20.9. The highest BCUT2D eigenvalue weighted by Crippen LogP contribution is 2.37. The van der Waals surface area contributed by atoms with Crippen LogP contribution in [0.4, 0.5) is 5.69 Å². The van der Waals surface area contributed by atoms with Crippen LogP contribution in [0.5, 0.6) is 5.75 Å². The Morgan fingerprint density at radius 3 is 2.59 bits per heavy atom. The van der Waals surface area contributed by atoms with Gasteiger partial charge in [-0.2, -0.15) is 5.26 Å². The summed E-state index contributed by atoms with van der Waals surface area (Å²) in [4.78, 5) is 13.4. The molecule has 2 aromatic rings. The highest BCUT2D eigenvalue weighted by molar-refractivity contribution is 6.30. The number of hydrogen-bond acceptors (Lipinski definition) is 4. The van der Waals surface area contributed by atoms with Crippen molar-refractivity contribution in [2.45, 2.75) is 44.6 Å². The summed E-state index contributed by atoms with van der Waals surface area (Å²) < 4.78 is 11.3. The van der Waals surface area contributed by atoms with Crippen LogP contribution in [0.2, 0.25) is 5.02 Å². The highest BCUT2D eigenvalue weighted by atomic mass is 35.5. The maximum atomic E-state index is 13.4. The van der Waals surface area contributed by atoms with E-state index in [9.17, 15) is 10.1 Å². The molecule has 5 nitrogen and oxygen atoms in total. The highest BCUT2D eigenvalue weighted by Gasteiger charge is 2.42. The molecule has 1 fully saturated rings. The molecule has 0 bridgehead atoms. The number of benzene rings is 2. The minimum absolute atomic E-state index is 0.0531. The first-order valence-corrected chi connectivity index (χ1v) is 10.2. The third-order valence-electron chi connectivity index (χ3n) is 5.45. The Morgan fingerprint density at radius 1 is 1.28 bits per heavy atom. The summed E-state index contributed by atoms with van der Waals surface area (Å²) in [6.45, 7) is 5.02.